The van der Waals surface area contributed by atoms with Gasteiger partial charge in [-0.15, -0.1) is 0 Å². The monoisotopic (exact) mass is 317 g/mol. The van der Waals surface area contributed by atoms with Crippen LogP contribution in [-0.2, 0) is 11.2 Å². The van der Waals surface area contributed by atoms with Crippen LogP contribution in [0, 0.1) is 13.8 Å². The number of rotatable bonds is 6. The van der Waals surface area contributed by atoms with Gasteiger partial charge in [0.2, 0.25) is 0 Å². The Kier molecular flexibility index (Phi) is 5.84. The second-order valence-electron chi connectivity index (χ2n) is 5.24. The van der Waals surface area contributed by atoms with E-state index < -0.39 is 0 Å². The Balaban J connectivity index is 1.79. The molecule has 0 unspecified atom stereocenters. The van der Waals surface area contributed by atoms with Crippen LogP contribution in [-0.4, -0.2) is 19.1 Å². The molecule has 0 aliphatic heterocycles. The number of amides is 1. The van der Waals surface area contributed by atoms with Crippen LogP contribution in [0.2, 0.25) is 5.02 Å². The first kappa shape index (κ1) is 16.4. The minimum absolute atomic E-state index is 0.0120. The molecule has 0 aromatic heterocycles. The molecular formula is C18H20ClNO2. The predicted octanol–water partition coefficient (Wildman–Crippen LogP) is 3.69. The smallest absolute Gasteiger partial charge is 0.257 e. The van der Waals surface area contributed by atoms with Gasteiger partial charge in [-0.2, -0.15) is 0 Å². The highest BCUT2D eigenvalue weighted by Crippen LogP contribution is 2.26. The van der Waals surface area contributed by atoms with Crippen LogP contribution in [0.5, 0.6) is 5.75 Å². The van der Waals surface area contributed by atoms with Crippen molar-refractivity contribution in [3.05, 3.63) is 64.2 Å². The van der Waals surface area contributed by atoms with E-state index in [2.05, 4.69) is 5.32 Å². The number of hydrogen-bond donors (Lipinski definition) is 1. The van der Waals surface area contributed by atoms with E-state index in [0.29, 0.717) is 11.6 Å². The van der Waals surface area contributed by atoms with Crippen molar-refractivity contribution >= 4 is 17.5 Å². The standard InChI is InChI=1S/C18H20ClNO2/c1-13-10-16(19)11-14(2)18(13)22-12-17(21)20-9-8-15-6-4-3-5-7-15/h3-7,10-11H,8-9,12H2,1-2H3,(H,20,21). The van der Waals surface area contributed by atoms with E-state index >= 15 is 0 Å². The van der Waals surface area contributed by atoms with E-state index in [1.54, 1.807) is 0 Å². The summed E-state index contributed by atoms with van der Waals surface area (Å²) < 4.78 is 5.62. The summed E-state index contributed by atoms with van der Waals surface area (Å²) in [6.07, 6.45) is 0.811. The van der Waals surface area contributed by atoms with E-state index in [1.807, 2.05) is 56.3 Å². The maximum atomic E-state index is 11.8. The fourth-order valence-electron chi connectivity index (χ4n) is 2.30. The Morgan fingerprint density at radius 3 is 2.41 bits per heavy atom. The van der Waals surface area contributed by atoms with E-state index in [-0.39, 0.29) is 12.5 Å². The van der Waals surface area contributed by atoms with Gasteiger partial charge in [0.1, 0.15) is 5.75 Å². The third-order valence-corrected chi connectivity index (χ3v) is 3.57. The fraction of sp³-hybridized carbons (Fsp3) is 0.278. The van der Waals surface area contributed by atoms with Gasteiger partial charge < -0.3 is 10.1 Å². The molecule has 0 bridgehead atoms. The number of ether oxygens (including phenoxy) is 1. The minimum Gasteiger partial charge on any atom is -0.483 e. The Labute approximate surface area is 136 Å². The van der Waals surface area contributed by atoms with Gasteiger partial charge in [-0.25, -0.2) is 0 Å². The number of carbonyl (C=O) groups is 1. The van der Waals surface area contributed by atoms with Crippen LogP contribution >= 0.6 is 11.6 Å². The van der Waals surface area contributed by atoms with Crippen LogP contribution in [0.1, 0.15) is 16.7 Å². The Hall–Kier alpha value is -2.00. The van der Waals surface area contributed by atoms with Crippen LogP contribution in [0.4, 0.5) is 0 Å². The summed E-state index contributed by atoms with van der Waals surface area (Å²) in [5.41, 5.74) is 3.07. The van der Waals surface area contributed by atoms with Gasteiger partial charge in [0, 0.05) is 11.6 Å². The molecule has 0 saturated carbocycles. The number of benzene rings is 2. The van der Waals surface area contributed by atoms with Gasteiger partial charge >= 0.3 is 0 Å². The molecule has 116 valence electrons. The van der Waals surface area contributed by atoms with Crippen LogP contribution in [0.25, 0.3) is 0 Å². The normalized spacial score (nSPS) is 10.3. The fourth-order valence-corrected chi connectivity index (χ4v) is 2.63. The summed E-state index contributed by atoms with van der Waals surface area (Å²) in [7, 11) is 0. The largest absolute Gasteiger partial charge is 0.483 e. The molecule has 0 spiro atoms. The van der Waals surface area contributed by atoms with Crippen LogP contribution < -0.4 is 10.1 Å². The van der Waals surface area contributed by atoms with Gasteiger partial charge in [0.05, 0.1) is 0 Å². The quantitative estimate of drug-likeness (QED) is 0.882. The average Bonchev–Trinajstić information content (AvgIpc) is 2.47. The maximum absolute atomic E-state index is 11.8. The lowest BCUT2D eigenvalue weighted by Gasteiger charge is -2.12. The molecule has 0 saturated heterocycles. The van der Waals surface area contributed by atoms with Crippen LogP contribution in [0.15, 0.2) is 42.5 Å². The van der Waals surface area contributed by atoms with Gasteiger partial charge in [-0.3, -0.25) is 4.79 Å². The van der Waals surface area contributed by atoms with E-state index in [4.69, 9.17) is 16.3 Å². The van der Waals surface area contributed by atoms with Crippen LogP contribution in [0.3, 0.4) is 0 Å². The Morgan fingerprint density at radius 1 is 1.14 bits per heavy atom. The van der Waals surface area contributed by atoms with Gasteiger partial charge in [0.25, 0.3) is 5.91 Å². The van der Waals surface area contributed by atoms with Crippen molar-refractivity contribution in [1.29, 1.82) is 0 Å². The number of hydrogen-bond acceptors (Lipinski definition) is 2. The minimum atomic E-state index is -0.121. The van der Waals surface area contributed by atoms with E-state index in [1.165, 1.54) is 5.56 Å². The third-order valence-electron chi connectivity index (χ3n) is 3.35. The Bertz CT molecular complexity index is 618. The van der Waals surface area contributed by atoms with E-state index in [0.717, 1.165) is 23.3 Å². The third kappa shape index (κ3) is 4.78. The second-order valence-corrected chi connectivity index (χ2v) is 5.68. The lowest BCUT2D eigenvalue weighted by Crippen LogP contribution is -2.30. The molecule has 0 radical (unpaired) electrons. The number of aryl methyl sites for hydroxylation is 2. The highest BCUT2D eigenvalue weighted by Gasteiger charge is 2.08. The molecule has 22 heavy (non-hydrogen) atoms. The molecule has 2 aromatic rings. The first-order valence-corrected chi connectivity index (χ1v) is 7.64. The predicted molar refractivity (Wildman–Crippen MR) is 89.6 cm³/mol. The summed E-state index contributed by atoms with van der Waals surface area (Å²) in [5.74, 6) is 0.604. The van der Waals surface area contributed by atoms with Crippen molar-refractivity contribution in [1.82, 2.24) is 5.32 Å². The molecule has 0 heterocycles. The molecule has 0 atom stereocenters. The lowest BCUT2D eigenvalue weighted by molar-refractivity contribution is -0.123. The first-order chi connectivity index (χ1) is 10.6. The van der Waals surface area contributed by atoms with Gasteiger partial charge in [0.15, 0.2) is 6.61 Å². The molecular weight excluding hydrogens is 298 g/mol. The van der Waals surface area contributed by atoms with Crippen molar-refractivity contribution in [2.75, 3.05) is 13.2 Å². The molecule has 0 aliphatic rings. The maximum Gasteiger partial charge on any atom is 0.257 e. The number of halogens is 1. The van der Waals surface area contributed by atoms with Crippen molar-refractivity contribution in [2.24, 2.45) is 0 Å². The zero-order chi connectivity index (χ0) is 15.9. The zero-order valence-electron chi connectivity index (χ0n) is 12.9. The summed E-state index contributed by atoms with van der Waals surface area (Å²) in [4.78, 5) is 11.8. The summed E-state index contributed by atoms with van der Waals surface area (Å²) in [6.45, 7) is 4.45. The molecule has 4 heteroatoms. The molecule has 1 amide bonds. The van der Waals surface area contributed by atoms with E-state index in [9.17, 15) is 4.79 Å². The summed E-state index contributed by atoms with van der Waals surface area (Å²) >= 11 is 5.98. The summed E-state index contributed by atoms with van der Waals surface area (Å²) in [6, 6.07) is 13.7. The zero-order valence-corrected chi connectivity index (χ0v) is 13.6. The molecule has 0 fully saturated rings. The summed E-state index contributed by atoms with van der Waals surface area (Å²) in [5, 5.41) is 3.54. The topological polar surface area (TPSA) is 38.3 Å². The lowest BCUT2D eigenvalue weighted by atomic mass is 10.1. The molecule has 0 aliphatic carbocycles. The Morgan fingerprint density at radius 2 is 1.77 bits per heavy atom. The SMILES string of the molecule is Cc1cc(Cl)cc(C)c1OCC(=O)NCCc1ccccc1. The highest BCUT2D eigenvalue weighted by atomic mass is 35.5. The van der Waals surface area contributed by atoms with Crippen molar-refractivity contribution < 1.29 is 9.53 Å². The molecule has 2 aromatic carbocycles. The second kappa shape index (κ2) is 7.85. The van der Waals surface area contributed by atoms with Gasteiger partial charge in [-0.05, 0) is 49.1 Å². The first-order valence-electron chi connectivity index (χ1n) is 7.26. The number of carbonyl (C=O) groups excluding carboxylic acids is 1. The molecule has 3 nitrogen and oxygen atoms in total. The van der Waals surface area contributed by atoms with Crippen molar-refractivity contribution in [2.45, 2.75) is 20.3 Å². The van der Waals surface area contributed by atoms with Crippen molar-refractivity contribution in [3.63, 3.8) is 0 Å². The highest BCUT2D eigenvalue weighted by molar-refractivity contribution is 6.30. The molecule has 1 N–H and O–H groups in total. The number of nitrogens with one attached hydrogen (secondary N) is 1. The molecule has 2 rings (SSSR count). The van der Waals surface area contributed by atoms with Crippen molar-refractivity contribution in [3.8, 4) is 5.75 Å². The average molecular weight is 318 g/mol. The van der Waals surface area contributed by atoms with Gasteiger partial charge in [-0.1, -0.05) is 41.9 Å².